The van der Waals surface area contributed by atoms with E-state index >= 15 is 0 Å². The van der Waals surface area contributed by atoms with E-state index in [1.54, 1.807) is 12.1 Å². The van der Waals surface area contributed by atoms with E-state index in [0.717, 1.165) is 5.56 Å². The maximum Gasteiger partial charge on any atom is 0.276 e. The molecule has 1 rings (SSSR count). The van der Waals surface area contributed by atoms with Gasteiger partial charge in [-0.3, -0.25) is 4.79 Å². The molecule has 0 saturated heterocycles. The molecule has 6 heteroatoms. The number of hydrogen-bond acceptors (Lipinski definition) is 3. The van der Waals surface area contributed by atoms with Gasteiger partial charge in [0.1, 0.15) is 0 Å². The lowest BCUT2D eigenvalue weighted by Crippen LogP contribution is -2.25. The Morgan fingerprint density at radius 1 is 1.27 bits per heavy atom. The van der Waals surface area contributed by atoms with Crippen molar-refractivity contribution in [1.29, 1.82) is 0 Å². The summed E-state index contributed by atoms with van der Waals surface area (Å²) in [6, 6.07) is 6.27. The van der Waals surface area contributed by atoms with Crippen LogP contribution in [-0.2, 0) is 14.8 Å². The minimum absolute atomic E-state index is 0.0835. The topological polar surface area (TPSA) is 54.5 Å². The summed E-state index contributed by atoms with van der Waals surface area (Å²) < 4.78 is 24.0. The zero-order valence-corrected chi connectivity index (χ0v) is 10.7. The highest BCUT2D eigenvalue weighted by atomic mass is 79.9. The summed E-state index contributed by atoms with van der Waals surface area (Å²) in [5.41, 5.74) is 0.956. The fourth-order valence-corrected chi connectivity index (χ4v) is 2.48. The van der Waals surface area contributed by atoms with Gasteiger partial charge in [0.15, 0.2) is 0 Å². The van der Waals surface area contributed by atoms with E-state index in [2.05, 4.69) is 16.1 Å². The predicted molar refractivity (Wildman–Crippen MR) is 59.8 cm³/mol. The van der Waals surface area contributed by atoms with Crippen LogP contribution in [0, 0.1) is 6.92 Å². The summed E-state index contributed by atoms with van der Waals surface area (Å²) >= 11 is 2.71. The zero-order valence-electron chi connectivity index (χ0n) is 8.27. The molecule has 4 nitrogen and oxygen atoms in total. The van der Waals surface area contributed by atoms with Gasteiger partial charge >= 0.3 is 0 Å². The maximum atomic E-state index is 11.7. The SMILES string of the molecule is CC(=O)N(Br)S(=O)(=O)c1ccc(C)cc1. The van der Waals surface area contributed by atoms with Crippen LogP contribution in [0.3, 0.4) is 0 Å². The molecule has 15 heavy (non-hydrogen) atoms. The van der Waals surface area contributed by atoms with E-state index in [1.807, 2.05) is 6.92 Å². The fraction of sp³-hybridized carbons (Fsp3) is 0.222. The summed E-state index contributed by atoms with van der Waals surface area (Å²) in [5.74, 6) is -0.587. The monoisotopic (exact) mass is 291 g/mol. The first kappa shape index (κ1) is 12.2. The second kappa shape index (κ2) is 4.32. The van der Waals surface area contributed by atoms with Crippen LogP contribution in [-0.4, -0.2) is 17.7 Å². The Morgan fingerprint density at radius 3 is 2.13 bits per heavy atom. The van der Waals surface area contributed by atoms with Crippen molar-refractivity contribution in [1.82, 2.24) is 3.33 Å². The molecule has 0 saturated carbocycles. The van der Waals surface area contributed by atoms with Crippen LogP contribution in [0.25, 0.3) is 0 Å². The molecule has 0 aromatic heterocycles. The summed E-state index contributed by atoms with van der Waals surface area (Å²) in [6.45, 7) is 3.02. The van der Waals surface area contributed by atoms with E-state index in [-0.39, 0.29) is 4.90 Å². The minimum atomic E-state index is -3.75. The molecular weight excluding hydrogens is 282 g/mol. The zero-order chi connectivity index (χ0) is 11.6. The smallest absolute Gasteiger partial charge is 0.273 e. The standard InChI is InChI=1S/C9H10BrNO3S/c1-7-3-5-9(6-4-7)15(13,14)11(10)8(2)12/h3-6H,1-2H3. The number of nitrogens with zero attached hydrogens (tertiary/aromatic N) is 1. The second-order valence-corrected chi connectivity index (χ2v) is 6.02. The average molecular weight is 292 g/mol. The molecule has 82 valence electrons. The number of carbonyl (C=O) groups is 1. The Balaban J connectivity index is 3.17. The van der Waals surface area contributed by atoms with E-state index in [0.29, 0.717) is 3.33 Å². The Morgan fingerprint density at radius 2 is 1.73 bits per heavy atom. The Labute approximate surface area is 97.3 Å². The average Bonchev–Trinajstić information content (AvgIpc) is 2.17. The van der Waals surface area contributed by atoms with Gasteiger partial charge in [0, 0.05) is 6.92 Å². The third-order valence-electron chi connectivity index (χ3n) is 1.78. The highest BCUT2D eigenvalue weighted by molar-refractivity contribution is 9.09. The molecular formula is C9H10BrNO3S. The van der Waals surface area contributed by atoms with Gasteiger partial charge in [-0.1, -0.05) is 17.7 Å². The van der Waals surface area contributed by atoms with E-state index in [1.165, 1.54) is 19.1 Å². The van der Waals surface area contributed by atoms with Gasteiger partial charge in [0.25, 0.3) is 10.0 Å². The van der Waals surface area contributed by atoms with Crippen molar-refractivity contribution in [2.45, 2.75) is 18.7 Å². The van der Waals surface area contributed by atoms with Crippen LogP contribution in [0.1, 0.15) is 12.5 Å². The van der Waals surface area contributed by atoms with Gasteiger partial charge in [0.2, 0.25) is 5.91 Å². The van der Waals surface area contributed by atoms with Crippen LogP contribution in [0.5, 0.6) is 0 Å². The summed E-state index contributed by atoms with van der Waals surface area (Å²) in [4.78, 5) is 11.0. The second-order valence-electron chi connectivity index (χ2n) is 3.05. The highest BCUT2D eigenvalue weighted by Gasteiger charge is 2.24. The Hall–Kier alpha value is -0.880. The van der Waals surface area contributed by atoms with E-state index in [4.69, 9.17) is 0 Å². The molecule has 1 aromatic rings. The quantitative estimate of drug-likeness (QED) is 0.782. The molecule has 1 amide bonds. The lowest BCUT2D eigenvalue weighted by atomic mass is 10.2. The van der Waals surface area contributed by atoms with E-state index in [9.17, 15) is 13.2 Å². The van der Waals surface area contributed by atoms with Gasteiger partial charge < -0.3 is 0 Å². The number of benzene rings is 1. The molecule has 0 atom stereocenters. The van der Waals surface area contributed by atoms with Crippen molar-refractivity contribution >= 4 is 32.1 Å². The number of halogens is 1. The number of hydrogen-bond donors (Lipinski definition) is 0. The Bertz CT molecular complexity index is 467. The first-order chi connectivity index (χ1) is 6.85. The number of sulfonamides is 1. The predicted octanol–water partition coefficient (Wildman–Crippen LogP) is 1.84. The van der Waals surface area contributed by atoms with Gasteiger partial charge in [-0.05, 0) is 19.1 Å². The molecule has 0 radical (unpaired) electrons. The summed E-state index contributed by atoms with van der Waals surface area (Å²) in [6.07, 6.45) is 0. The fourth-order valence-electron chi connectivity index (χ4n) is 0.972. The molecule has 0 aliphatic heterocycles. The molecule has 0 aliphatic rings. The highest BCUT2D eigenvalue weighted by Crippen LogP contribution is 2.19. The number of rotatable bonds is 2. The number of amides is 1. The van der Waals surface area contributed by atoms with Gasteiger partial charge in [-0.2, -0.15) is 3.33 Å². The molecule has 0 fully saturated rings. The van der Waals surface area contributed by atoms with Gasteiger partial charge in [-0.25, -0.2) is 8.42 Å². The van der Waals surface area contributed by atoms with Crippen molar-refractivity contribution in [2.75, 3.05) is 0 Å². The van der Waals surface area contributed by atoms with Crippen molar-refractivity contribution < 1.29 is 13.2 Å². The molecule has 0 aliphatic carbocycles. The lowest BCUT2D eigenvalue weighted by Gasteiger charge is -2.12. The third-order valence-corrected chi connectivity index (χ3v) is 4.97. The molecule has 0 heterocycles. The van der Waals surface area contributed by atoms with Crippen molar-refractivity contribution in [3.63, 3.8) is 0 Å². The summed E-state index contributed by atoms with van der Waals surface area (Å²) in [7, 11) is -3.75. The first-order valence-electron chi connectivity index (χ1n) is 4.14. The molecule has 0 bridgehead atoms. The van der Waals surface area contributed by atoms with Gasteiger partial charge in [0.05, 0.1) is 21.0 Å². The number of carbonyl (C=O) groups excluding carboxylic acids is 1. The molecule has 0 unspecified atom stereocenters. The summed E-state index contributed by atoms with van der Waals surface area (Å²) in [5, 5.41) is 0. The lowest BCUT2D eigenvalue weighted by molar-refractivity contribution is -0.120. The van der Waals surface area contributed by atoms with Crippen LogP contribution in [0.15, 0.2) is 29.2 Å². The van der Waals surface area contributed by atoms with Crippen molar-refractivity contribution in [3.8, 4) is 0 Å². The molecule has 1 aromatic carbocycles. The minimum Gasteiger partial charge on any atom is -0.273 e. The van der Waals surface area contributed by atoms with Crippen LogP contribution in [0.4, 0.5) is 0 Å². The normalized spacial score (nSPS) is 11.1. The largest absolute Gasteiger partial charge is 0.276 e. The first-order valence-corrected chi connectivity index (χ1v) is 6.29. The molecule has 0 N–H and O–H groups in total. The van der Waals surface area contributed by atoms with Crippen LogP contribution in [0.2, 0.25) is 0 Å². The number of aryl methyl sites for hydroxylation is 1. The third kappa shape index (κ3) is 2.57. The van der Waals surface area contributed by atoms with Crippen molar-refractivity contribution in [3.05, 3.63) is 29.8 Å². The van der Waals surface area contributed by atoms with Crippen molar-refractivity contribution in [2.24, 2.45) is 0 Å². The van der Waals surface area contributed by atoms with Crippen LogP contribution < -0.4 is 0 Å². The molecule has 0 spiro atoms. The van der Waals surface area contributed by atoms with Gasteiger partial charge in [-0.15, -0.1) is 0 Å². The maximum absolute atomic E-state index is 11.7. The van der Waals surface area contributed by atoms with Crippen LogP contribution >= 0.6 is 16.1 Å². The Kier molecular flexibility index (Phi) is 3.51. The van der Waals surface area contributed by atoms with E-state index < -0.39 is 15.9 Å².